The maximum atomic E-state index is 9.01. The summed E-state index contributed by atoms with van der Waals surface area (Å²) in [5.41, 5.74) is 2.51. The Bertz CT molecular complexity index is 628. The van der Waals surface area contributed by atoms with E-state index in [1.54, 1.807) is 16.8 Å². The van der Waals surface area contributed by atoms with Gasteiger partial charge in [-0.2, -0.15) is 10.4 Å². The van der Waals surface area contributed by atoms with E-state index in [1.807, 2.05) is 19.2 Å². The number of aromatic nitrogens is 2. The van der Waals surface area contributed by atoms with Gasteiger partial charge in [-0.15, -0.1) is 0 Å². The number of benzene rings is 1. The van der Waals surface area contributed by atoms with Crippen molar-refractivity contribution in [1.29, 1.82) is 5.26 Å². The van der Waals surface area contributed by atoms with Crippen LogP contribution in [0.1, 0.15) is 23.9 Å². The molecule has 19 heavy (non-hydrogen) atoms. The molecule has 98 valence electrons. The van der Waals surface area contributed by atoms with Gasteiger partial charge in [0.15, 0.2) is 0 Å². The first-order valence-corrected chi connectivity index (χ1v) is 6.78. The van der Waals surface area contributed by atoms with E-state index in [-0.39, 0.29) is 0 Å². The predicted octanol–water partition coefficient (Wildman–Crippen LogP) is 3.20. The Morgan fingerprint density at radius 3 is 2.79 bits per heavy atom. The van der Waals surface area contributed by atoms with Crippen molar-refractivity contribution in [3.8, 4) is 11.8 Å². The van der Waals surface area contributed by atoms with E-state index in [0.717, 1.165) is 22.3 Å². The maximum absolute atomic E-state index is 9.01. The minimum atomic E-state index is 0.378. The SMILES string of the molecule is CCc1nn(C)c(COc2ccccc2C#N)c1Br. The van der Waals surface area contributed by atoms with Crippen LogP contribution in [-0.4, -0.2) is 9.78 Å². The van der Waals surface area contributed by atoms with Gasteiger partial charge in [0.25, 0.3) is 0 Å². The Morgan fingerprint density at radius 2 is 2.16 bits per heavy atom. The van der Waals surface area contributed by atoms with Crippen LogP contribution in [0.25, 0.3) is 0 Å². The van der Waals surface area contributed by atoms with Crippen molar-refractivity contribution < 1.29 is 4.74 Å². The Hall–Kier alpha value is -1.80. The first-order valence-electron chi connectivity index (χ1n) is 5.99. The van der Waals surface area contributed by atoms with Gasteiger partial charge in [0, 0.05) is 7.05 Å². The van der Waals surface area contributed by atoms with E-state index >= 15 is 0 Å². The normalized spacial score (nSPS) is 10.2. The lowest BCUT2D eigenvalue weighted by Crippen LogP contribution is -2.04. The standard InChI is InChI=1S/C14H14BrN3O/c1-3-11-14(15)12(18(2)17-11)9-19-13-7-5-4-6-10(13)8-16/h4-7H,3,9H2,1-2H3. The summed E-state index contributed by atoms with van der Waals surface area (Å²) in [4.78, 5) is 0. The quantitative estimate of drug-likeness (QED) is 0.869. The molecule has 0 amide bonds. The number of nitrogens with zero attached hydrogens (tertiary/aromatic N) is 3. The average molecular weight is 320 g/mol. The fourth-order valence-electron chi connectivity index (χ4n) is 1.81. The Kier molecular flexibility index (Phi) is 4.23. The number of para-hydroxylation sites is 1. The molecule has 0 saturated carbocycles. The monoisotopic (exact) mass is 319 g/mol. The van der Waals surface area contributed by atoms with Gasteiger partial charge >= 0.3 is 0 Å². The van der Waals surface area contributed by atoms with Crippen LogP contribution < -0.4 is 4.74 Å². The molecule has 0 N–H and O–H groups in total. The topological polar surface area (TPSA) is 50.8 Å². The minimum Gasteiger partial charge on any atom is -0.486 e. The maximum Gasteiger partial charge on any atom is 0.137 e. The summed E-state index contributed by atoms with van der Waals surface area (Å²) in [7, 11) is 1.89. The van der Waals surface area contributed by atoms with Crippen molar-refractivity contribution in [2.45, 2.75) is 20.0 Å². The molecular formula is C14H14BrN3O. The van der Waals surface area contributed by atoms with E-state index in [1.165, 1.54) is 0 Å². The van der Waals surface area contributed by atoms with E-state index in [0.29, 0.717) is 17.9 Å². The molecule has 0 spiro atoms. The molecule has 2 rings (SSSR count). The molecule has 0 aliphatic carbocycles. The van der Waals surface area contributed by atoms with Crippen LogP contribution in [0.2, 0.25) is 0 Å². The summed E-state index contributed by atoms with van der Waals surface area (Å²) in [5.74, 6) is 0.594. The number of hydrogen-bond acceptors (Lipinski definition) is 3. The first kappa shape index (κ1) is 13.6. The molecule has 0 fully saturated rings. The summed E-state index contributed by atoms with van der Waals surface area (Å²) >= 11 is 3.54. The summed E-state index contributed by atoms with van der Waals surface area (Å²) in [6.45, 7) is 2.44. The van der Waals surface area contributed by atoms with Gasteiger partial charge in [-0.3, -0.25) is 4.68 Å². The van der Waals surface area contributed by atoms with Crippen LogP contribution in [0, 0.1) is 11.3 Å². The number of ether oxygens (including phenoxy) is 1. The van der Waals surface area contributed by atoms with Gasteiger partial charge in [-0.25, -0.2) is 0 Å². The molecule has 0 unspecified atom stereocenters. The van der Waals surface area contributed by atoms with Crippen molar-refractivity contribution >= 4 is 15.9 Å². The minimum absolute atomic E-state index is 0.378. The Balaban J connectivity index is 2.20. The third kappa shape index (κ3) is 2.79. The van der Waals surface area contributed by atoms with Crippen LogP contribution in [0.4, 0.5) is 0 Å². The Morgan fingerprint density at radius 1 is 1.42 bits per heavy atom. The van der Waals surface area contributed by atoms with Crippen LogP contribution in [-0.2, 0) is 20.1 Å². The van der Waals surface area contributed by atoms with Crippen LogP contribution >= 0.6 is 15.9 Å². The van der Waals surface area contributed by atoms with Crippen molar-refractivity contribution in [2.75, 3.05) is 0 Å². The second-order valence-electron chi connectivity index (χ2n) is 4.08. The highest BCUT2D eigenvalue weighted by molar-refractivity contribution is 9.10. The van der Waals surface area contributed by atoms with Crippen molar-refractivity contribution in [2.24, 2.45) is 7.05 Å². The zero-order valence-corrected chi connectivity index (χ0v) is 12.4. The summed E-state index contributed by atoms with van der Waals surface area (Å²) in [6, 6.07) is 9.33. The molecule has 0 bridgehead atoms. The molecule has 0 aliphatic heterocycles. The summed E-state index contributed by atoms with van der Waals surface area (Å²) in [5, 5.41) is 13.4. The summed E-state index contributed by atoms with van der Waals surface area (Å²) < 4.78 is 8.50. The van der Waals surface area contributed by atoms with Gasteiger partial charge in [0.1, 0.15) is 18.4 Å². The van der Waals surface area contributed by atoms with E-state index in [2.05, 4.69) is 34.0 Å². The second-order valence-corrected chi connectivity index (χ2v) is 4.87. The van der Waals surface area contributed by atoms with Crippen molar-refractivity contribution in [3.63, 3.8) is 0 Å². The molecule has 0 atom stereocenters. The smallest absolute Gasteiger partial charge is 0.137 e. The molecule has 0 radical (unpaired) electrons. The lowest BCUT2D eigenvalue weighted by Gasteiger charge is -2.08. The summed E-state index contributed by atoms with van der Waals surface area (Å²) in [6.07, 6.45) is 0.864. The van der Waals surface area contributed by atoms with Gasteiger partial charge in [-0.05, 0) is 34.5 Å². The van der Waals surface area contributed by atoms with Gasteiger partial charge in [0.05, 0.1) is 21.4 Å². The molecule has 1 heterocycles. The van der Waals surface area contributed by atoms with Gasteiger partial charge < -0.3 is 4.74 Å². The van der Waals surface area contributed by atoms with E-state index in [4.69, 9.17) is 10.00 Å². The molecular weight excluding hydrogens is 306 g/mol. The fourth-order valence-corrected chi connectivity index (χ4v) is 2.54. The van der Waals surface area contributed by atoms with E-state index < -0.39 is 0 Å². The van der Waals surface area contributed by atoms with Crippen LogP contribution in [0.3, 0.4) is 0 Å². The highest BCUT2D eigenvalue weighted by Gasteiger charge is 2.13. The third-order valence-corrected chi connectivity index (χ3v) is 3.79. The molecule has 0 saturated heterocycles. The fraction of sp³-hybridized carbons (Fsp3) is 0.286. The molecule has 5 heteroatoms. The Labute approximate surface area is 120 Å². The molecule has 1 aromatic carbocycles. The first-order chi connectivity index (χ1) is 9.17. The second kappa shape index (κ2) is 5.89. The predicted molar refractivity (Wildman–Crippen MR) is 75.8 cm³/mol. The molecule has 1 aromatic heterocycles. The highest BCUT2D eigenvalue weighted by Crippen LogP contribution is 2.24. The molecule has 2 aromatic rings. The number of rotatable bonds is 4. The third-order valence-electron chi connectivity index (χ3n) is 2.87. The van der Waals surface area contributed by atoms with E-state index in [9.17, 15) is 0 Å². The van der Waals surface area contributed by atoms with Crippen molar-refractivity contribution in [1.82, 2.24) is 9.78 Å². The lowest BCUT2D eigenvalue weighted by atomic mass is 10.2. The zero-order chi connectivity index (χ0) is 13.8. The van der Waals surface area contributed by atoms with Gasteiger partial charge in [0.2, 0.25) is 0 Å². The highest BCUT2D eigenvalue weighted by atomic mass is 79.9. The number of aryl methyl sites for hydroxylation is 2. The zero-order valence-electron chi connectivity index (χ0n) is 10.9. The largest absolute Gasteiger partial charge is 0.486 e. The van der Waals surface area contributed by atoms with Gasteiger partial charge in [-0.1, -0.05) is 19.1 Å². The van der Waals surface area contributed by atoms with Crippen LogP contribution in [0.5, 0.6) is 5.75 Å². The average Bonchev–Trinajstić information content (AvgIpc) is 2.71. The number of hydrogen-bond donors (Lipinski definition) is 0. The number of nitriles is 1. The lowest BCUT2D eigenvalue weighted by molar-refractivity contribution is 0.293. The number of halogens is 1. The molecule has 4 nitrogen and oxygen atoms in total. The van der Waals surface area contributed by atoms with Crippen LogP contribution in [0.15, 0.2) is 28.7 Å². The molecule has 0 aliphatic rings. The van der Waals surface area contributed by atoms with Crippen molar-refractivity contribution in [3.05, 3.63) is 45.7 Å².